The second-order valence-electron chi connectivity index (χ2n) is 4.65. The van der Waals surface area contributed by atoms with Crippen LogP contribution in [0.5, 0.6) is 5.75 Å². The molecule has 120 valence electrons. The molecule has 2 aromatic rings. The zero-order chi connectivity index (χ0) is 17.4. The normalized spacial score (nSPS) is 10.5. The number of nitrogens with one attached hydrogen (secondary N) is 1. The van der Waals surface area contributed by atoms with Crippen LogP contribution in [0.2, 0.25) is 0 Å². The summed E-state index contributed by atoms with van der Waals surface area (Å²) in [5.74, 6) is -0.204. The first kappa shape index (κ1) is 16.7. The number of primary amides is 1. The monoisotopic (exact) mass is 322 g/mol. The van der Waals surface area contributed by atoms with Crippen molar-refractivity contribution in [2.24, 2.45) is 5.73 Å². The lowest BCUT2D eigenvalue weighted by molar-refractivity contribution is -0.118. The minimum atomic E-state index is -0.788. The number of amides is 2. The van der Waals surface area contributed by atoms with Crippen molar-refractivity contribution in [3.63, 3.8) is 0 Å². The molecule has 0 radical (unpaired) electrons. The van der Waals surface area contributed by atoms with Crippen molar-refractivity contribution in [2.45, 2.75) is 0 Å². The average Bonchev–Trinajstić information content (AvgIpc) is 2.59. The number of pyridine rings is 1. The molecule has 0 aliphatic heterocycles. The maximum Gasteiger partial charge on any atom is 0.263 e. The second kappa shape index (κ2) is 8.10. The van der Waals surface area contributed by atoms with Crippen LogP contribution in [0.25, 0.3) is 6.08 Å². The lowest BCUT2D eigenvalue weighted by atomic mass is 10.1. The average molecular weight is 322 g/mol. The van der Waals surface area contributed by atoms with Gasteiger partial charge in [0.1, 0.15) is 23.2 Å². The molecule has 3 N–H and O–H groups in total. The van der Waals surface area contributed by atoms with E-state index in [1.807, 2.05) is 0 Å². The van der Waals surface area contributed by atoms with Crippen LogP contribution in [0.3, 0.4) is 0 Å². The zero-order valence-electron chi connectivity index (χ0n) is 12.6. The molecule has 0 aliphatic carbocycles. The molecular formula is C17H14N4O3. The highest BCUT2D eigenvalue weighted by Gasteiger charge is 2.05. The van der Waals surface area contributed by atoms with Crippen LogP contribution in [0, 0.1) is 11.3 Å². The van der Waals surface area contributed by atoms with Gasteiger partial charge >= 0.3 is 0 Å². The van der Waals surface area contributed by atoms with Crippen LogP contribution in [0.15, 0.2) is 54.2 Å². The summed E-state index contributed by atoms with van der Waals surface area (Å²) in [6.45, 7) is -0.170. The van der Waals surface area contributed by atoms with E-state index in [9.17, 15) is 9.59 Å². The molecule has 1 heterocycles. The van der Waals surface area contributed by atoms with Gasteiger partial charge in [0.15, 0.2) is 6.61 Å². The topological polar surface area (TPSA) is 118 Å². The highest BCUT2D eigenvalue weighted by Crippen LogP contribution is 2.14. The molecule has 7 nitrogen and oxygen atoms in total. The highest BCUT2D eigenvalue weighted by molar-refractivity contribution is 6.00. The van der Waals surface area contributed by atoms with Crippen LogP contribution in [0.4, 0.5) is 5.82 Å². The predicted molar refractivity (Wildman–Crippen MR) is 87.6 cm³/mol. The summed E-state index contributed by atoms with van der Waals surface area (Å²) >= 11 is 0. The Labute approximate surface area is 138 Å². The van der Waals surface area contributed by atoms with Crippen molar-refractivity contribution >= 4 is 23.7 Å². The minimum absolute atomic E-state index is 0.140. The molecule has 1 aromatic heterocycles. The van der Waals surface area contributed by atoms with Crippen LogP contribution < -0.4 is 15.8 Å². The summed E-state index contributed by atoms with van der Waals surface area (Å²) < 4.78 is 5.36. The van der Waals surface area contributed by atoms with Crippen molar-refractivity contribution in [3.8, 4) is 11.8 Å². The van der Waals surface area contributed by atoms with Gasteiger partial charge in [-0.15, -0.1) is 0 Å². The summed E-state index contributed by atoms with van der Waals surface area (Å²) in [6.07, 6.45) is 2.95. The molecule has 0 saturated carbocycles. The Balaban J connectivity index is 1.91. The smallest absolute Gasteiger partial charge is 0.263 e. The molecule has 1 aromatic carbocycles. The van der Waals surface area contributed by atoms with Crippen molar-refractivity contribution in [2.75, 3.05) is 11.9 Å². The van der Waals surface area contributed by atoms with Gasteiger partial charge in [-0.25, -0.2) is 4.98 Å². The lowest BCUT2D eigenvalue weighted by Gasteiger charge is -2.07. The van der Waals surface area contributed by atoms with E-state index in [0.29, 0.717) is 17.1 Å². The summed E-state index contributed by atoms with van der Waals surface area (Å²) in [6, 6.07) is 13.4. The van der Waals surface area contributed by atoms with Crippen molar-refractivity contribution in [3.05, 3.63) is 59.8 Å². The standard InChI is InChI=1S/C17H14N4O3/c18-10-13(17(19)23)9-12-4-6-14(7-5-12)24-11-16(22)21-15-3-1-2-8-20-15/h1-9H,11H2,(H2,19,23)(H,20,21,22)/b13-9+. The van der Waals surface area contributed by atoms with Crippen molar-refractivity contribution < 1.29 is 14.3 Å². The van der Waals surface area contributed by atoms with Gasteiger partial charge in [0, 0.05) is 6.20 Å². The van der Waals surface area contributed by atoms with E-state index < -0.39 is 5.91 Å². The number of hydrogen-bond acceptors (Lipinski definition) is 5. The van der Waals surface area contributed by atoms with Gasteiger partial charge in [0.2, 0.25) is 0 Å². The van der Waals surface area contributed by atoms with Gasteiger partial charge in [-0.1, -0.05) is 18.2 Å². The summed E-state index contributed by atoms with van der Waals surface area (Å²) in [5.41, 5.74) is 5.55. The Hall–Kier alpha value is -3.66. The SMILES string of the molecule is N#C/C(=C\c1ccc(OCC(=O)Nc2ccccn2)cc1)C(N)=O. The number of rotatable bonds is 6. The minimum Gasteiger partial charge on any atom is -0.484 e. The van der Waals surface area contributed by atoms with Crippen LogP contribution in [-0.4, -0.2) is 23.4 Å². The van der Waals surface area contributed by atoms with Crippen molar-refractivity contribution in [1.82, 2.24) is 4.98 Å². The van der Waals surface area contributed by atoms with Gasteiger partial charge in [0.25, 0.3) is 11.8 Å². The number of nitrogens with zero attached hydrogens (tertiary/aromatic N) is 2. The van der Waals surface area contributed by atoms with Crippen molar-refractivity contribution in [1.29, 1.82) is 5.26 Å². The van der Waals surface area contributed by atoms with E-state index in [0.717, 1.165) is 0 Å². The quantitative estimate of drug-likeness (QED) is 0.617. The number of ether oxygens (including phenoxy) is 1. The molecule has 0 aliphatic rings. The Morgan fingerprint density at radius 3 is 2.58 bits per heavy atom. The number of hydrogen-bond donors (Lipinski definition) is 2. The summed E-state index contributed by atoms with van der Waals surface area (Å²) in [4.78, 5) is 26.7. The Morgan fingerprint density at radius 1 is 1.25 bits per heavy atom. The van der Waals surface area contributed by atoms with Gasteiger partial charge in [-0.3, -0.25) is 9.59 Å². The van der Waals surface area contributed by atoms with Gasteiger partial charge in [0.05, 0.1) is 0 Å². The highest BCUT2D eigenvalue weighted by atomic mass is 16.5. The van der Waals surface area contributed by atoms with E-state index >= 15 is 0 Å². The van der Waals surface area contributed by atoms with Gasteiger partial charge in [-0.05, 0) is 35.9 Å². The fourth-order valence-corrected chi connectivity index (χ4v) is 1.75. The number of nitrogens with two attached hydrogens (primary N) is 1. The summed E-state index contributed by atoms with van der Waals surface area (Å²) in [5, 5.41) is 11.4. The molecule has 7 heteroatoms. The number of benzene rings is 1. The number of carbonyl (C=O) groups is 2. The van der Waals surface area contributed by atoms with E-state index in [1.54, 1.807) is 54.7 Å². The number of aromatic nitrogens is 1. The van der Waals surface area contributed by atoms with Gasteiger partial charge < -0.3 is 15.8 Å². The third-order valence-corrected chi connectivity index (χ3v) is 2.88. The molecule has 0 fully saturated rings. The maximum atomic E-state index is 11.7. The molecule has 0 bridgehead atoms. The number of anilines is 1. The molecule has 0 unspecified atom stereocenters. The second-order valence-corrected chi connectivity index (χ2v) is 4.65. The predicted octanol–water partition coefficient (Wildman–Crippen LogP) is 1.49. The number of nitriles is 1. The fraction of sp³-hybridized carbons (Fsp3) is 0.0588. The van der Waals surface area contributed by atoms with Crippen LogP contribution in [-0.2, 0) is 9.59 Å². The van der Waals surface area contributed by atoms with E-state index in [1.165, 1.54) is 6.08 Å². The molecule has 0 spiro atoms. The van der Waals surface area contributed by atoms with Crippen LogP contribution >= 0.6 is 0 Å². The Bertz CT molecular complexity index is 793. The van der Waals surface area contributed by atoms with E-state index in [-0.39, 0.29) is 18.1 Å². The third-order valence-electron chi connectivity index (χ3n) is 2.88. The zero-order valence-corrected chi connectivity index (χ0v) is 12.6. The third kappa shape index (κ3) is 4.96. The lowest BCUT2D eigenvalue weighted by Crippen LogP contribution is -2.20. The first-order valence-corrected chi connectivity index (χ1v) is 6.94. The molecular weight excluding hydrogens is 308 g/mol. The number of carbonyl (C=O) groups excluding carboxylic acids is 2. The fourth-order valence-electron chi connectivity index (χ4n) is 1.75. The molecule has 2 rings (SSSR count). The van der Waals surface area contributed by atoms with Gasteiger partial charge in [-0.2, -0.15) is 5.26 Å². The van der Waals surface area contributed by atoms with Crippen LogP contribution in [0.1, 0.15) is 5.56 Å². The van der Waals surface area contributed by atoms with E-state index in [2.05, 4.69) is 10.3 Å². The molecule has 2 amide bonds. The largest absolute Gasteiger partial charge is 0.484 e. The summed E-state index contributed by atoms with van der Waals surface area (Å²) in [7, 11) is 0. The first-order valence-electron chi connectivity index (χ1n) is 6.94. The van der Waals surface area contributed by atoms with E-state index in [4.69, 9.17) is 15.7 Å². The molecule has 0 saturated heterocycles. The Kier molecular flexibility index (Phi) is 5.64. The molecule has 0 atom stereocenters. The first-order chi connectivity index (χ1) is 11.6. The molecule has 24 heavy (non-hydrogen) atoms. The Morgan fingerprint density at radius 2 is 2.00 bits per heavy atom. The maximum absolute atomic E-state index is 11.7.